The fourth-order valence-corrected chi connectivity index (χ4v) is 3.11. The second-order valence-corrected chi connectivity index (χ2v) is 7.56. The number of carbonyl (C=O) groups is 1. The Morgan fingerprint density at radius 2 is 1.86 bits per heavy atom. The third-order valence-corrected chi connectivity index (χ3v) is 4.07. The van der Waals surface area contributed by atoms with E-state index in [4.69, 9.17) is 4.74 Å². The molecule has 130 valence electrons. The number of hydrogen-bond acceptors (Lipinski definition) is 3. The van der Waals surface area contributed by atoms with Crippen LogP contribution in [0.5, 0.6) is 0 Å². The predicted molar refractivity (Wildman–Crippen MR) is 92.2 cm³/mol. The predicted octanol–water partition coefficient (Wildman–Crippen LogP) is 4.33. The van der Waals surface area contributed by atoms with Crippen molar-refractivity contribution in [2.75, 3.05) is 13.1 Å². The van der Waals surface area contributed by atoms with Crippen LogP contribution in [0.3, 0.4) is 0 Å². The highest BCUT2D eigenvalue weighted by Gasteiger charge is 2.27. The first-order valence-electron chi connectivity index (χ1n) is 9.09. The van der Waals surface area contributed by atoms with Gasteiger partial charge in [0.15, 0.2) is 0 Å². The largest absolute Gasteiger partial charge is 0.444 e. The molecule has 1 fully saturated rings. The second kappa shape index (κ2) is 9.39. The third kappa shape index (κ3) is 7.48. The Bertz CT molecular complexity index is 320. The van der Waals surface area contributed by atoms with Crippen LogP contribution in [-0.4, -0.2) is 41.8 Å². The molecule has 1 aliphatic heterocycles. The summed E-state index contributed by atoms with van der Waals surface area (Å²) < 4.78 is 5.54. The molecule has 1 saturated heterocycles. The van der Waals surface area contributed by atoms with Crippen LogP contribution in [0, 0.1) is 0 Å². The smallest absolute Gasteiger partial charge is 0.410 e. The van der Waals surface area contributed by atoms with Gasteiger partial charge in [-0.3, -0.25) is 0 Å². The zero-order chi connectivity index (χ0) is 16.6. The minimum absolute atomic E-state index is 0.163. The normalized spacial score (nSPS) is 20.1. The lowest BCUT2D eigenvalue weighted by Gasteiger charge is -2.30. The van der Waals surface area contributed by atoms with Crippen molar-refractivity contribution in [3.05, 3.63) is 0 Å². The minimum atomic E-state index is -0.417. The van der Waals surface area contributed by atoms with Crippen LogP contribution in [0.4, 0.5) is 4.79 Å². The van der Waals surface area contributed by atoms with Gasteiger partial charge in [0.25, 0.3) is 0 Å². The molecule has 0 saturated carbocycles. The van der Waals surface area contributed by atoms with Gasteiger partial charge in [-0.05, 0) is 46.5 Å². The van der Waals surface area contributed by atoms with E-state index in [9.17, 15) is 4.79 Å². The van der Waals surface area contributed by atoms with E-state index >= 15 is 0 Å². The van der Waals surface area contributed by atoms with Crippen molar-refractivity contribution in [2.24, 2.45) is 0 Å². The monoisotopic (exact) mass is 312 g/mol. The molecule has 1 amide bonds. The number of nitrogens with zero attached hydrogens (tertiary/aromatic N) is 1. The minimum Gasteiger partial charge on any atom is -0.444 e. The Morgan fingerprint density at radius 1 is 1.23 bits per heavy atom. The summed E-state index contributed by atoms with van der Waals surface area (Å²) in [6.07, 6.45) is 8.10. The topological polar surface area (TPSA) is 41.6 Å². The molecule has 0 bridgehead atoms. The zero-order valence-electron chi connectivity index (χ0n) is 15.3. The van der Waals surface area contributed by atoms with Crippen molar-refractivity contribution < 1.29 is 9.53 Å². The first-order valence-corrected chi connectivity index (χ1v) is 9.09. The number of rotatable bonds is 6. The molecule has 1 atom stereocenters. The van der Waals surface area contributed by atoms with E-state index < -0.39 is 5.60 Å². The summed E-state index contributed by atoms with van der Waals surface area (Å²) >= 11 is 0. The molecule has 1 aliphatic rings. The maximum atomic E-state index is 12.3. The first kappa shape index (κ1) is 19.3. The average molecular weight is 312 g/mol. The summed E-state index contributed by atoms with van der Waals surface area (Å²) in [6.45, 7) is 11.9. The van der Waals surface area contributed by atoms with Crippen molar-refractivity contribution in [3.8, 4) is 0 Å². The quantitative estimate of drug-likeness (QED) is 0.793. The molecule has 1 heterocycles. The fraction of sp³-hybridized carbons (Fsp3) is 0.944. The van der Waals surface area contributed by atoms with E-state index in [1.54, 1.807) is 0 Å². The standard InChI is InChI=1S/C18H36N2O2/c1-6-10-15(11-7-2)19-16-12-8-9-13-20(14-16)17(21)22-18(3,4)5/h15-16,19H,6-14H2,1-5H3. The molecule has 0 aliphatic carbocycles. The number of carbonyl (C=O) groups excluding carboxylic acids is 1. The number of likely N-dealkylation sites (tertiary alicyclic amines) is 1. The first-order chi connectivity index (χ1) is 10.4. The van der Waals surface area contributed by atoms with E-state index in [1.165, 1.54) is 32.1 Å². The van der Waals surface area contributed by atoms with Crippen molar-refractivity contribution in [1.29, 1.82) is 0 Å². The third-order valence-electron chi connectivity index (χ3n) is 4.07. The van der Waals surface area contributed by atoms with Crippen LogP contribution in [-0.2, 0) is 4.74 Å². The van der Waals surface area contributed by atoms with Gasteiger partial charge < -0.3 is 15.0 Å². The molecule has 22 heavy (non-hydrogen) atoms. The molecule has 0 radical (unpaired) electrons. The molecular weight excluding hydrogens is 276 g/mol. The van der Waals surface area contributed by atoms with Crippen molar-refractivity contribution >= 4 is 6.09 Å². The van der Waals surface area contributed by atoms with Gasteiger partial charge in [-0.1, -0.05) is 33.1 Å². The highest BCUT2D eigenvalue weighted by Crippen LogP contribution is 2.17. The number of ether oxygens (including phenoxy) is 1. The molecule has 4 heteroatoms. The van der Waals surface area contributed by atoms with Gasteiger partial charge in [-0.2, -0.15) is 0 Å². The maximum Gasteiger partial charge on any atom is 0.410 e. The average Bonchev–Trinajstić information content (AvgIpc) is 2.63. The highest BCUT2D eigenvalue weighted by atomic mass is 16.6. The van der Waals surface area contributed by atoms with Gasteiger partial charge in [-0.15, -0.1) is 0 Å². The summed E-state index contributed by atoms with van der Waals surface area (Å²) in [5.74, 6) is 0. The summed E-state index contributed by atoms with van der Waals surface area (Å²) in [5.41, 5.74) is -0.417. The number of hydrogen-bond donors (Lipinski definition) is 1. The maximum absolute atomic E-state index is 12.3. The summed E-state index contributed by atoms with van der Waals surface area (Å²) in [5, 5.41) is 3.80. The van der Waals surface area contributed by atoms with Crippen LogP contribution in [0.2, 0.25) is 0 Å². The lowest BCUT2D eigenvalue weighted by atomic mass is 10.0. The summed E-state index contributed by atoms with van der Waals surface area (Å²) in [7, 11) is 0. The molecule has 0 aromatic heterocycles. The van der Waals surface area contributed by atoms with Crippen molar-refractivity contribution in [1.82, 2.24) is 10.2 Å². The van der Waals surface area contributed by atoms with E-state index in [-0.39, 0.29) is 6.09 Å². The van der Waals surface area contributed by atoms with Gasteiger partial charge in [0.2, 0.25) is 0 Å². The zero-order valence-corrected chi connectivity index (χ0v) is 15.3. The van der Waals surface area contributed by atoms with Crippen LogP contribution >= 0.6 is 0 Å². The highest BCUT2D eigenvalue weighted by molar-refractivity contribution is 5.68. The lowest BCUT2D eigenvalue weighted by molar-refractivity contribution is 0.0241. The Morgan fingerprint density at radius 3 is 2.41 bits per heavy atom. The van der Waals surface area contributed by atoms with Crippen LogP contribution < -0.4 is 5.32 Å². The molecule has 0 aromatic carbocycles. The van der Waals surface area contributed by atoms with E-state index in [2.05, 4.69) is 19.2 Å². The SMILES string of the molecule is CCCC(CCC)NC1CCCCN(C(=O)OC(C)(C)C)C1. The van der Waals surface area contributed by atoms with Crippen LogP contribution in [0.15, 0.2) is 0 Å². The van der Waals surface area contributed by atoms with E-state index in [0.717, 1.165) is 25.9 Å². The molecular formula is C18H36N2O2. The number of amides is 1. The molecule has 1 unspecified atom stereocenters. The van der Waals surface area contributed by atoms with Crippen molar-refractivity contribution in [3.63, 3.8) is 0 Å². The molecule has 0 spiro atoms. The van der Waals surface area contributed by atoms with Gasteiger partial charge in [-0.25, -0.2) is 4.79 Å². The van der Waals surface area contributed by atoms with Gasteiger partial charge in [0.05, 0.1) is 0 Å². The lowest BCUT2D eigenvalue weighted by Crippen LogP contribution is -2.47. The second-order valence-electron chi connectivity index (χ2n) is 7.56. The number of nitrogens with one attached hydrogen (secondary N) is 1. The Labute approximate surface area is 137 Å². The van der Waals surface area contributed by atoms with Crippen LogP contribution in [0.1, 0.15) is 79.6 Å². The van der Waals surface area contributed by atoms with E-state index in [0.29, 0.717) is 12.1 Å². The molecule has 4 nitrogen and oxygen atoms in total. The van der Waals surface area contributed by atoms with Gasteiger partial charge in [0, 0.05) is 25.2 Å². The van der Waals surface area contributed by atoms with Crippen LogP contribution in [0.25, 0.3) is 0 Å². The van der Waals surface area contributed by atoms with E-state index in [1.807, 2.05) is 25.7 Å². The summed E-state index contributed by atoms with van der Waals surface area (Å²) in [6, 6.07) is 0.983. The van der Waals surface area contributed by atoms with Gasteiger partial charge >= 0.3 is 6.09 Å². The molecule has 1 N–H and O–H groups in total. The fourth-order valence-electron chi connectivity index (χ4n) is 3.11. The Balaban J connectivity index is 2.58. The summed E-state index contributed by atoms with van der Waals surface area (Å²) in [4.78, 5) is 14.2. The van der Waals surface area contributed by atoms with Crippen molar-refractivity contribution in [2.45, 2.75) is 97.2 Å². The van der Waals surface area contributed by atoms with Gasteiger partial charge in [0.1, 0.15) is 5.60 Å². The Hall–Kier alpha value is -0.770. The molecule has 0 aromatic rings. The Kier molecular flexibility index (Phi) is 8.23. The molecule has 1 rings (SSSR count).